The van der Waals surface area contributed by atoms with Crippen LogP contribution in [-0.2, 0) is 4.74 Å². The zero-order valence-electron chi connectivity index (χ0n) is 13.8. The number of hydrogen-bond acceptors (Lipinski definition) is 6. The second kappa shape index (κ2) is 6.36. The summed E-state index contributed by atoms with van der Waals surface area (Å²) in [6, 6.07) is 3.61. The monoisotopic (exact) mass is 366 g/mol. The summed E-state index contributed by atoms with van der Waals surface area (Å²) in [6.07, 6.45) is -3.01. The molecule has 0 radical (unpaired) electrons. The minimum Gasteiger partial charge on any atom is -0.378 e. The van der Waals surface area contributed by atoms with Gasteiger partial charge in [-0.3, -0.25) is 4.99 Å². The molecule has 1 fully saturated rings. The molecule has 0 aromatic carbocycles. The van der Waals surface area contributed by atoms with Gasteiger partial charge in [-0.25, -0.2) is 9.50 Å². The van der Waals surface area contributed by atoms with Crippen LogP contribution >= 0.6 is 0 Å². The maximum absolute atomic E-state index is 13.5. The standard InChI is InChI=1S/C16H17F3N6O/c17-16(18,19)11-8-13(20)21-9-10(11)14-22-15(24-4-6-26-7-5-24)12-2-1-3-25(12)23-14/h1-3,9,13H,4-8,20H2. The van der Waals surface area contributed by atoms with Crippen molar-refractivity contribution in [2.75, 3.05) is 31.2 Å². The lowest BCUT2D eigenvalue weighted by atomic mass is 10.0. The number of nitrogens with zero attached hydrogens (tertiary/aromatic N) is 5. The minimum atomic E-state index is -4.52. The molecule has 0 amide bonds. The van der Waals surface area contributed by atoms with Gasteiger partial charge in [0.2, 0.25) is 0 Å². The maximum atomic E-state index is 13.5. The van der Waals surface area contributed by atoms with E-state index in [1.54, 1.807) is 12.3 Å². The summed E-state index contributed by atoms with van der Waals surface area (Å²) < 4.78 is 47.4. The molecule has 26 heavy (non-hydrogen) atoms. The van der Waals surface area contributed by atoms with Gasteiger partial charge in [-0.15, -0.1) is 5.10 Å². The van der Waals surface area contributed by atoms with Gasteiger partial charge >= 0.3 is 6.18 Å². The van der Waals surface area contributed by atoms with Gasteiger partial charge in [0.05, 0.1) is 13.2 Å². The lowest BCUT2D eigenvalue weighted by molar-refractivity contribution is -0.0938. The van der Waals surface area contributed by atoms with Crippen molar-refractivity contribution in [2.45, 2.75) is 18.8 Å². The Hall–Kier alpha value is -2.46. The lowest BCUT2D eigenvalue weighted by Gasteiger charge is -2.29. The summed E-state index contributed by atoms with van der Waals surface area (Å²) in [5.41, 5.74) is 5.43. The third-order valence-corrected chi connectivity index (χ3v) is 4.40. The average molecular weight is 366 g/mol. The van der Waals surface area contributed by atoms with Crippen molar-refractivity contribution in [2.24, 2.45) is 10.7 Å². The van der Waals surface area contributed by atoms with Gasteiger partial charge in [0.15, 0.2) is 11.6 Å². The summed E-state index contributed by atoms with van der Waals surface area (Å²) in [5, 5.41) is 4.26. The van der Waals surface area contributed by atoms with Crippen molar-refractivity contribution in [3.8, 4) is 0 Å². The van der Waals surface area contributed by atoms with E-state index in [2.05, 4.69) is 15.1 Å². The Balaban J connectivity index is 1.87. The second-order valence-corrected chi connectivity index (χ2v) is 6.14. The first-order chi connectivity index (χ1) is 12.4. The topological polar surface area (TPSA) is 81.0 Å². The van der Waals surface area contributed by atoms with E-state index >= 15 is 0 Å². The maximum Gasteiger partial charge on any atom is 0.413 e. The molecule has 0 aliphatic carbocycles. The number of morpholine rings is 1. The van der Waals surface area contributed by atoms with Gasteiger partial charge in [0, 0.05) is 43.1 Å². The van der Waals surface area contributed by atoms with Gasteiger partial charge in [-0.05, 0) is 12.1 Å². The summed E-state index contributed by atoms with van der Waals surface area (Å²) in [6.45, 7) is 2.31. The SMILES string of the molecule is NC1CC(C(F)(F)F)=C(c2nc(N3CCOCC3)c3cccn3n2)C=N1. The number of anilines is 1. The Morgan fingerprint density at radius 1 is 1.23 bits per heavy atom. The van der Waals surface area contributed by atoms with Gasteiger partial charge < -0.3 is 15.4 Å². The van der Waals surface area contributed by atoms with Crippen LogP contribution in [0.5, 0.6) is 0 Å². The number of nitrogens with two attached hydrogens (primary N) is 1. The largest absolute Gasteiger partial charge is 0.413 e. The van der Waals surface area contributed by atoms with E-state index in [1.165, 1.54) is 4.52 Å². The third-order valence-electron chi connectivity index (χ3n) is 4.40. The van der Waals surface area contributed by atoms with E-state index in [0.717, 1.165) is 11.7 Å². The quantitative estimate of drug-likeness (QED) is 0.874. The van der Waals surface area contributed by atoms with E-state index < -0.39 is 24.3 Å². The molecular weight excluding hydrogens is 349 g/mol. The van der Waals surface area contributed by atoms with Gasteiger partial charge in [-0.1, -0.05) is 0 Å². The number of ether oxygens (including phenoxy) is 1. The first-order valence-corrected chi connectivity index (χ1v) is 8.21. The van der Waals surface area contributed by atoms with Crippen LogP contribution < -0.4 is 10.6 Å². The smallest absolute Gasteiger partial charge is 0.378 e. The molecule has 2 aliphatic heterocycles. The molecule has 7 nitrogen and oxygen atoms in total. The third kappa shape index (κ3) is 3.06. The fourth-order valence-corrected chi connectivity index (χ4v) is 3.12. The van der Waals surface area contributed by atoms with Gasteiger partial charge in [0.25, 0.3) is 0 Å². The zero-order chi connectivity index (χ0) is 18.3. The summed E-state index contributed by atoms with van der Waals surface area (Å²) >= 11 is 0. The summed E-state index contributed by atoms with van der Waals surface area (Å²) in [4.78, 5) is 10.4. The lowest BCUT2D eigenvalue weighted by Crippen LogP contribution is -2.37. The predicted octanol–water partition coefficient (Wildman–Crippen LogP) is 1.64. The second-order valence-electron chi connectivity index (χ2n) is 6.14. The molecule has 0 spiro atoms. The molecular formula is C16H17F3N6O. The molecule has 2 aromatic rings. The fourth-order valence-electron chi connectivity index (χ4n) is 3.12. The Bertz CT molecular complexity index is 882. The normalized spacial score (nSPS) is 21.7. The number of dihydropyridines is 1. The van der Waals surface area contributed by atoms with Crippen LogP contribution in [0, 0.1) is 0 Å². The number of aromatic nitrogens is 3. The number of rotatable bonds is 2. The van der Waals surface area contributed by atoms with Crippen LogP contribution in [-0.4, -0.2) is 59.5 Å². The molecule has 4 rings (SSSR count). The first-order valence-electron chi connectivity index (χ1n) is 8.21. The number of fused-ring (bicyclic) bond motifs is 1. The minimum absolute atomic E-state index is 0.0156. The molecule has 1 saturated heterocycles. The van der Waals surface area contributed by atoms with Crippen molar-refractivity contribution in [3.63, 3.8) is 0 Å². The Labute approximate surface area is 147 Å². The highest BCUT2D eigenvalue weighted by Crippen LogP contribution is 2.36. The summed E-state index contributed by atoms with van der Waals surface area (Å²) in [7, 11) is 0. The Morgan fingerprint density at radius 2 is 2.00 bits per heavy atom. The van der Waals surface area contributed by atoms with Gasteiger partial charge in [-0.2, -0.15) is 13.2 Å². The van der Waals surface area contributed by atoms with E-state index in [1.807, 2.05) is 11.0 Å². The van der Waals surface area contributed by atoms with Crippen molar-refractivity contribution in [3.05, 3.63) is 29.7 Å². The van der Waals surface area contributed by atoms with Crippen molar-refractivity contribution >= 4 is 23.1 Å². The van der Waals surface area contributed by atoms with Crippen LogP contribution in [0.15, 0.2) is 28.9 Å². The Kier molecular flexibility index (Phi) is 4.16. The van der Waals surface area contributed by atoms with Crippen LogP contribution in [0.3, 0.4) is 0 Å². The Morgan fingerprint density at radius 3 is 2.73 bits per heavy atom. The molecule has 2 N–H and O–H groups in total. The molecule has 1 unspecified atom stereocenters. The molecule has 2 aromatic heterocycles. The predicted molar refractivity (Wildman–Crippen MR) is 90.1 cm³/mol. The molecule has 2 aliphatic rings. The number of halogens is 3. The highest BCUT2D eigenvalue weighted by Gasteiger charge is 2.39. The molecule has 10 heteroatoms. The zero-order valence-corrected chi connectivity index (χ0v) is 13.8. The fraction of sp³-hybridized carbons (Fsp3) is 0.438. The highest BCUT2D eigenvalue weighted by atomic mass is 19.4. The number of aliphatic imine (C=N–C) groups is 1. The van der Waals surface area contributed by atoms with Crippen LogP contribution in [0.2, 0.25) is 0 Å². The van der Waals surface area contributed by atoms with E-state index in [9.17, 15) is 13.2 Å². The molecule has 138 valence electrons. The molecule has 1 atom stereocenters. The van der Waals surface area contributed by atoms with Crippen molar-refractivity contribution < 1.29 is 17.9 Å². The van der Waals surface area contributed by atoms with Gasteiger partial charge in [0.1, 0.15) is 11.7 Å². The van der Waals surface area contributed by atoms with E-state index in [4.69, 9.17) is 10.5 Å². The van der Waals surface area contributed by atoms with Crippen molar-refractivity contribution in [1.82, 2.24) is 14.6 Å². The van der Waals surface area contributed by atoms with E-state index in [0.29, 0.717) is 32.1 Å². The van der Waals surface area contributed by atoms with Crippen LogP contribution in [0.4, 0.5) is 19.0 Å². The molecule has 0 bridgehead atoms. The van der Waals surface area contributed by atoms with E-state index in [-0.39, 0.29) is 11.4 Å². The number of alkyl halides is 3. The first kappa shape index (κ1) is 17.0. The number of allylic oxidation sites excluding steroid dienone is 1. The number of hydrogen-bond donors (Lipinski definition) is 1. The van der Waals surface area contributed by atoms with Crippen molar-refractivity contribution in [1.29, 1.82) is 0 Å². The highest BCUT2D eigenvalue weighted by molar-refractivity contribution is 6.10. The van der Waals surface area contributed by atoms with Crippen LogP contribution in [0.25, 0.3) is 11.1 Å². The molecule has 4 heterocycles. The molecule has 0 saturated carbocycles. The van der Waals surface area contributed by atoms with Crippen LogP contribution in [0.1, 0.15) is 12.2 Å². The summed E-state index contributed by atoms with van der Waals surface area (Å²) in [5.74, 6) is 0.568. The average Bonchev–Trinajstić information content (AvgIpc) is 3.09.